The summed E-state index contributed by atoms with van der Waals surface area (Å²) >= 11 is 0. The van der Waals surface area contributed by atoms with Gasteiger partial charge in [-0.25, -0.2) is 0 Å². The molecule has 68 heavy (non-hydrogen) atoms. The second kappa shape index (κ2) is 14.7. The first-order valence-electron chi connectivity index (χ1n) is 25.9. The van der Waals surface area contributed by atoms with E-state index in [-0.39, 0.29) is 33.0 Å². The monoisotopic (exact) mass is 887 g/mol. The van der Waals surface area contributed by atoms with Crippen LogP contribution in [0.5, 0.6) is 0 Å². The van der Waals surface area contributed by atoms with Gasteiger partial charge in [0.15, 0.2) is 0 Å². The van der Waals surface area contributed by atoms with Crippen molar-refractivity contribution < 1.29 is 0 Å². The van der Waals surface area contributed by atoms with Crippen LogP contribution in [0.25, 0.3) is 33.4 Å². The number of fused-ring (bicyclic) bond motifs is 13. The third-order valence-electron chi connectivity index (χ3n) is 17.8. The number of rotatable bonds is 5. The molecule has 0 heterocycles. The molecule has 0 amide bonds. The molecule has 1 saturated carbocycles. The molecule has 1 fully saturated rings. The molecular weight excluding hydrogens is 817 g/mol. The van der Waals surface area contributed by atoms with Gasteiger partial charge in [0.05, 0.1) is 5.41 Å². The molecule has 342 valence electrons. The van der Waals surface area contributed by atoms with E-state index in [1.807, 2.05) is 0 Å². The minimum absolute atomic E-state index is 0.00679. The van der Waals surface area contributed by atoms with E-state index in [9.17, 15) is 0 Å². The molecule has 12 rings (SSSR count). The maximum atomic E-state index is 2.70. The van der Waals surface area contributed by atoms with Crippen LogP contribution in [0.15, 0.2) is 145 Å². The van der Waals surface area contributed by atoms with Crippen LogP contribution in [-0.4, -0.2) is 0 Å². The van der Waals surface area contributed by atoms with Gasteiger partial charge in [-0.05, 0) is 173 Å². The molecule has 0 nitrogen and oxygen atoms in total. The molecular formula is C68H70. The van der Waals surface area contributed by atoms with Crippen LogP contribution >= 0.6 is 0 Å². The topological polar surface area (TPSA) is 0 Å². The van der Waals surface area contributed by atoms with Crippen molar-refractivity contribution in [1.82, 2.24) is 0 Å². The van der Waals surface area contributed by atoms with Crippen LogP contribution < -0.4 is 0 Å². The van der Waals surface area contributed by atoms with Gasteiger partial charge in [-0.15, -0.1) is 0 Å². The van der Waals surface area contributed by atoms with Crippen molar-refractivity contribution in [2.45, 2.75) is 136 Å². The Bertz CT molecular complexity index is 3210. The van der Waals surface area contributed by atoms with Crippen molar-refractivity contribution in [3.63, 3.8) is 0 Å². The van der Waals surface area contributed by atoms with Crippen molar-refractivity contribution in [1.29, 1.82) is 0 Å². The minimum atomic E-state index is -0.387. The molecule has 0 aromatic heterocycles. The zero-order valence-electron chi connectivity index (χ0n) is 42.8. The lowest BCUT2D eigenvalue weighted by molar-refractivity contribution is 0.326. The van der Waals surface area contributed by atoms with Crippen molar-refractivity contribution in [3.05, 3.63) is 223 Å². The van der Waals surface area contributed by atoms with Gasteiger partial charge in [-0.2, -0.15) is 0 Å². The van der Waals surface area contributed by atoms with Gasteiger partial charge >= 0.3 is 0 Å². The van der Waals surface area contributed by atoms with Crippen molar-refractivity contribution in [3.8, 4) is 22.3 Å². The number of benzene rings is 6. The molecule has 0 heteroatoms. The standard InChI is InChI=1S/C68H70/c1-40-16-25-50(55(33-40)43-18-19-43)49-26-20-44(35-42(49)3)63(45-21-27-53-56-34-41(2)17-31-57(56)66(10,11)59(53)36-45)46-22-28-54-58-15-13-14-32-67(58,12)68(60(54)37-46)61-38-47(64(4,5)6)23-29-51(61)52-30-24-48(39-62(52)68)65(7,8)9/h13-15,17,20-31,33-40,43,63H,16,18-19,32H2,1-12H3. The molecule has 3 atom stereocenters. The summed E-state index contributed by atoms with van der Waals surface area (Å²) < 4.78 is 0. The predicted octanol–water partition coefficient (Wildman–Crippen LogP) is 17.8. The van der Waals surface area contributed by atoms with Gasteiger partial charge in [-0.1, -0.05) is 214 Å². The average molecular weight is 887 g/mol. The SMILES string of the molecule is Cc1ccc2c(c1)-c1ccc(C(c3ccc(C4=CCC(C)C=C4C4CC4)c(C)c3)c3ccc4c(c3)C3(c5cc(C(C)(C)C)ccc5-c5ccc(C(C)(C)C)cc53)C3(C)CC=CC=C43)cc1C2(C)C. The highest BCUT2D eigenvalue weighted by atomic mass is 14.6. The maximum absolute atomic E-state index is 2.70. The van der Waals surface area contributed by atoms with Gasteiger partial charge in [0.2, 0.25) is 0 Å². The van der Waals surface area contributed by atoms with Crippen LogP contribution in [0, 0.1) is 31.1 Å². The first-order valence-corrected chi connectivity index (χ1v) is 25.9. The van der Waals surface area contributed by atoms with Crippen molar-refractivity contribution >= 4 is 11.1 Å². The van der Waals surface area contributed by atoms with E-state index in [0.717, 1.165) is 18.8 Å². The van der Waals surface area contributed by atoms with Crippen LogP contribution in [0.2, 0.25) is 0 Å². The Morgan fingerprint density at radius 3 is 1.74 bits per heavy atom. The molecule has 0 N–H and O–H groups in total. The van der Waals surface area contributed by atoms with Crippen molar-refractivity contribution in [2.75, 3.05) is 0 Å². The smallest absolute Gasteiger partial charge is 0.0566 e. The highest BCUT2D eigenvalue weighted by Crippen LogP contribution is 2.72. The zero-order valence-corrected chi connectivity index (χ0v) is 42.8. The van der Waals surface area contributed by atoms with E-state index < -0.39 is 0 Å². The van der Waals surface area contributed by atoms with E-state index in [4.69, 9.17) is 0 Å². The number of aryl methyl sites for hydroxylation is 2. The Labute approximate surface area is 408 Å². The van der Waals surface area contributed by atoms with Crippen LogP contribution in [0.1, 0.15) is 179 Å². The second-order valence-electron chi connectivity index (χ2n) is 24.8. The average Bonchev–Trinajstić information content (AvgIpc) is 4.02. The van der Waals surface area contributed by atoms with Crippen LogP contribution in [-0.2, 0) is 21.7 Å². The molecule has 1 spiro atoms. The van der Waals surface area contributed by atoms with Crippen LogP contribution in [0.3, 0.4) is 0 Å². The summed E-state index contributed by atoms with van der Waals surface area (Å²) in [6.45, 7) is 28.7. The molecule has 6 aromatic carbocycles. The summed E-state index contributed by atoms with van der Waals surface area (Å²) in [5.41, 5.74) is 29.1. The Balaban J connectivity index is 1.11. The lowest BCUT2D eigenvalue weighted by Crippen LogP contribution is -2.41. The molecule has 0 aliphatic heterocycles. The fourth-order valence-electron chi connectivity index (χ4n) is 13.9. The third kappa shape index (κ3) is 6.17. The summed E-state index contributed by atoms with van der Waals surface area (Å²) in [6.07, 6.45) is 17.1. The van der Waals surface area contributed by atoms with E-state index >= 15 is 0 Å². The van der Waals surface area contributed by atoms with E-state index in [1.54, 1.807) is 5.57 Å². The lowest BCUT2D eigenvalue weighted by Gasteiger charge is -2.45. The van der Waals surface area contributed by atoms with Crippen LogP contribution in [0.4, 0.5) is 0 Å². The predicted molar refractivity (Wildman–Crippen MR) is 289 cm³/mol. The summed E-state index contributed by atoms with van der Waals surface area (Å²) in [5, 5.41) is 0. The van der Waals surface area contributed by atoms with Gasteiger partial charge in [0.25, 0.3) is 0 Å². The Morgan fingerprint density at radius 1 is 0.559 bits per heavy atom. The van der Waals surface area contributed by atoms with E-state index in [1.165, 1.54) is 124 Å². The molecule has 6 aromatic rings. The Morgan fingerprint density at radius 2 is 1.12 bits per heavy atom. The van der Waals surface area contributed by atoms with Gasteiger partial charge in [-0.3, -0.25) is 0 Å². The summed E-state index contributed by atoms with van der Waals surface area (Å²) in [6, 6.07) is 44.9. The van der Waals surface area contributed by atoms with Crippen molar-refractivity contribution in [2.24, 2.45) is 17.3 Å². The zero-order chi connectivity index (χ0) is 47.4. The number of hydrogen-bond acceptors (Lipinski definition) is 0. The molecule has 0 saturated heterocycles. The number of allylic oxidation sites excluding steroid dienone is 8. The first kappa shape index (κ1) is 43.6. The minimum Gasteiger partial charge on any atom is -0.0836 e. The summed E-state index contributed by atoms with van der Waals surface area (Å²) in [5.74, 6) is 1.36. The highest BCUT2D eigenvalue weighted by molar-refractivity contribution is 5.95. The summed E-state index contributed by atoms with van der Waals surface area (Å²) in [7, 11) is 0. The molecule has 6 aliphatic carbocycles. The largest absolute Gasteiger partial charge is 0.0836 e. The lowest BCUT2D eigenvalue weighted by atomic mass is 9.56. The molecule has 3 unspecified atom stereocenters. The van der Waals surface area contributed by atoms with E-state index in [2.05, 4.69) is 223 Å². The fourth-order valence-corrected chi connectivity index (χ4v) is 13.9. The molecule has 0 bridgehead atoms. The number of hydrogen-bond donors (Lipinski definition) is 0. The van der Waals surface area contributed by atoms with Gasteiger partial charge in [0, 0.05) is 16.7 Å². The van der Waals surface area contributed by atoms with E-state index in [0.29, 0.717) is 5.92 Å². The normalized spacial score (nSPS) is 21.8. The summed E-state index contributed by atoms with van der Waals surface area (Å²) in [4.78, 5) is 0. The third-order valence-corrected chi connectivity index (χ3v) is 17.8. The highest BCUT2D eigenvalue weighted by Gasteiger charge is 2.63. The van der Waals surface area contributed by atoms with Gasteiger partial charge < -0.3 is 0 Å². The van der Waals surface area contributed by atoms with Gasteiger partial charge in [0.1, 0.15) is 0 Å². The maximum Gasteiger partial charge on any atom is 0.0566 e. The second-order valence-corrected chi connectivity index (χ2v) is 24.8. The Kier molecular flexibility index (Phi) is 9.38. The quantitative estimate of drug-likeness (QED) is 0.151. The molecule has 0 radical (unpaired) electrons. The first-order chi connectivity index (χ1) is 32.3. The fraction of sp³-hybridized carbons (Fsp3) is 0.353. The Hall–Kier alpha value is -5.72. The molecule has 6 aliphatic rings.